The highest BCUT2D eigenvalue weighted by molar-refractivity contribution is 7.99. The number of anilines is 1. The van der Waals surface area contributed by atoms with Crippen LogP contribution in [0.4, 0.5) is 5.69 Å². The van der Waals surface area contributed by atoms with Crippen LogP contribution in [-0.2, 0) is 11.2 Å². The van der Waals surface area contributed by atoms with Gasteiger partial charge < -0.3 is 5.32 Å². The van der Waals surface area contributed by atoms with E-state index < -0.39 is 0 Å². The Balaban J connectivity index is 1.50. The maximum absolute atomic E-state index is 12.0. The molecule has 0 aliphatic rings. The number of carbonyl (C=O) groups excluding carboxylic acids is 1. The molecular formula is C16H16N4OS3. The second-order valence-electron chi connectivity index (χ2n) is 4.89. The molecule has 2 heterocycles. The maximum atomic E-state index is 12.0. The minimum Gasteiger partial charge on any atom is -0.325 e. The number of thioether (sulfide) groups is 2. The molecule has 0 unspecified atom stereocenters. The van der Waals surface area contributed by atoms with Crippen molar-refractivity contribution in [3.8, 4) is 0 Å². The van der Waals surface area contributed by atoms with Gasteiger partial charge in [0, 0.05) is 21.9 Å². The molecule has 0 saturated heterocycles. The van der Waals surface area contributed by atoms with Gasteiger partial charge in [0.25, 0.3) is 0 Å². The molecule has 8 heteroatoms. The second kappa shape index (κ2) is 8.36. The minimum absolute atomic E-state index is 0.0668. The van der Waals surface area contributed by atoms with Gasteiger partial charge in [-0.2, -0.15) is 0 Å². The van der Waals surface area contributed by atoms with E-state index in [9.17, 15) is 4.79 Å². The Hall–Kier alpha value is -1.77. The summed E-state index contributed by atoms with van der Waals surface area (Å²) in [5, 5.41) is 12.6. The number of rotatable bonds is 7. The molecule has 0 saturated carbocycles. The van der Waals surface area contributed by atoms with Crippen molar-refractivity contribution in [1.29, 1.82) is 0 Å². The highest BCUT2D eigenvalue weighted by Crippen LogP contribution is 2.20. The van der Waals surface area contributed by atoms with Gasteiger partial charge >= 0.3 is 0 Å². The van der Waals surface area contributed by atoms with Crippen molar-refractivity contribution >= 4 is 46.5 Å². The summed E-state index contributed by atoms with van der Waals surface area (Å²) in [6, 6.07) is 11.9. The lowest BCUT2D eigenvalue weighted by Gasteiger charge is -2.05. The van der Waals surface area contributed by atoms with Gasteiger partial charge in [0.1, 0.15) is 5.82 Å². The summed E-state index contributed by atoms with van der Waals surface area (Å²) >= 11 is 4.66. The Bertz CT molecular complexity index is 801. The zero-order valence-corrected chi connectivity index (χ0v) is 15.4. The summed E-state index contributed by atoms with van der Waals surface area (Å²) < 4.78 is 0. The van der Waals surface area contributed by atoms with Crippen molar-refractivity contribution in [3.63, 3.8) is 0 Å². The van der Waals surface area contributed by atoms with E-state index in [1.165, 1.54) is 16.6 Å². The number of H-pyrrole nitrogens is 1. The molecule has 2 aromatic heterocycles. The van der Waals surface area contributed by atoms with E-state index in [0.29, 0.717) is 5.16 Å². The van der Waals surface area contributed by atoms with Gasteiger partial charge in [0.05, 0.1) is 5.75 Å². The van der Waals surface area contributed by atoms with Crippen LogP contribution in [-0.4, -0.2) is 33.1 Å². The first-order chi connectivity index (χ1) is 11.7. The number of aromatic nitrogens is 3. The molecule has 5 nitrogen and oxygen atoms in total. The van der Waals surface area contributed by atoms with Gasteiger partial charge in [-0.15, -0.1) is 28.2 Å². The predicted molar refractivity (Wildman–Crippen MR) is 101 cm³/mol. The highest BCUT2D eigenvalue weighted by atomic mass is 32.2. The first-order valence-electron chi connectivity index (χ1n) is 7.23. The molecule has 0 aliphatic heterocycles. The number of benzene rings is 1. The van der Waals surface area contributed by atoms with E-state index in [4.69, 9.17) is 0 Å². The molecule has 3 aromatic rings. The van der Waals surface area contributed by atoms with Crippen molar-refractivity contribution in [3.05, 3.63) is 52.5 Å². The molecule has 0 bridgehead atoms. The molecule has 3 rings (SSSR count). The van der Waals surface area contributed by atoms with Crippen LogP contribution in [0.3, 0.4) is 0 Å². The van der Waals surface area contributed by atoms with E-state index in [2.05, 4.69) is 26.6 Å². The third-order valence-corrected chi connectivity index (χ3v) is 5.57. The van der Waals surface area contributed by atoms with Crippen molar-refractivity contribution in [2.24, 2.45) is 0 Å². The summed E-state index contributed by atoms with van der Waals surface area (Å²) in [6.07, 6.45) is 2.74. The molecule has 124 valence electrons. The average Bonchev–Trinajstić information content (AvgIpc) is 3.25. The lowest BCUT2D eigenvalue weighted by Crippen LogP contribution is -2.14. The van der Waals surface area contributed by atoms with Gasteiger partial charge in [-0.05, 0) is 35.9 Å². The van der Waals surface area contributed by atoms with E-state index in [-0.39, 0.29) is 11.7 Å². The number of nitrogens with zero attached hydrogens (tertiary/aromatic N) is 2. The number of hydrogen-bond acceptors (Lipinski definition) is 6. The zero-order chi connectivity index (χ0) is 16.8. The van der Waals surface area contributed by atoms with Crippen LogP contribution in [0, 0.1) is 0 Å². The molecule has 24 heavy (non-hydrogen) atoms. The lowest BCUT2D eigenvalue weighted by atomic mass is 10.3. The summed E-state index contributed by atoms with van der Waals surface area (Å²) in [6.45, 7) is 0. The molecule has 1 aromatic carbocycles. The zero-order valence-electron chi connectivity index (χ0n) is 13.0. The first kappa shape index (κ1) is 17.1. The fraction of sp³-hybridized carbons (Fsp3) is 0.188. The van der Waals surface area contributed by atoms with Crippen LogP contribution in [0.25, 0.3) is 0 Å². The van der Waals surface area contributed by atoms with Crippen LogP contribution in [0.15, 0.2) is 51.8 Å². The van der Waals surface area contributed by atoms with Gasteiger partial charge in [-0.3, -0.25) is 9.89 Å². The molecule has 0 fully saturated rings. The maximum Gasteiger partial charge on any atom is 0.234 e. The molecular weight excluding hydrogens is 360 g/mol. The van der Waals surface area contributed by atoms with E-state index in [0.717, 1.165) is 22.8 Å². The standard InChI is InChI=1S/C16H16N4OS3/c1-22-12-5-2-4-11(8-12)17-15(21)10-24-16-18-14(19-20-16)9-13-6-3-7-23-13/h2-8H,9-10H2,1H3,(H,17,21)(H,18,19,20). The number of hydrogen-bond donors (Lipinski definition) is 2. The third kappa shape index (κ3) is 4.86. The lowest BCUT2D eigenvalue weighted by molar-refractivity contribution is -0.113. The quantitative estimate of drug-likeness (QED) is 0.612. The minimum atomic E-state index is -0.0668. The summed E-state index contributed by atoms with van der Waals surface area (Å²) in [7, 11) is 0. The molecule has 0 aliphatic carbocycles. The van der Waals surface area contributed by atoms with Crippen molar-refractivity contribution in [2.45, 2.75) is 16.5 Å². The summed E-state index contributed by atoms with van der Waals surface area (Å²) in [5.41, 5.74) is 0.806. The monoisotopic (exact) mass is 376 g/mol. The smallest absolute Gasteiger partial charge is 0.234 e. The largest absolute Gasteiger partial charge is 0.325 e. The van der Waals surface area contributed by atoms with Crippen LogP contribution < -0.4 is 5.32 Å². The Morgan fingerprint density at radius 1 is 1.33 bits per heavy atom. The van der Waals surface area contributed by atoms with Crippen LogP contribution in [0.5, 0.6) is 0 Å². The number of aromatic amines is 1. The number of nitrogens with one attached hydrogen (secondary N) is 2. The number of thiophene rings is 1. The SMILES string of the molecule is CSc1cccc(NC(=O)CSc2n[nH]c(Cc3cccs3)n2)c1. The number of amides is 1. The Morgan fingerprint density at radius 3 is 3.04 bits per heavy atom. The van der Waals surface area contributed by atoms with Crippen LogP contribution >= 0.6 is 34.9 Å². The van der Waals surface area contributed by atoms with Crippen LogP contribution in [0.1, 0.15) is 10.7 Å². The normalized spacial score (nSPS) is 10.7. The fourth-order valence-corrected chi connectivity index (χ4v) is 3.81. The third-order valence-electron chi connectivity index (χ3n) is 3.12. The van der Waals surface area contributed by atoms with Crippen molar-refractivity contribution < 1.29 is 4.79 Å². The van der Waals surface area contributed by atoms with Gasteiger partial charge in [0.15, 0.2) is 0 Å². The molecule has 0 atom stereocenters. The molecule has 1 amide bonds. The van der Waals surface area contributed by atoms with E-state index >= 15 is 0 Å². The Kier molecular flexibility index (Phi) is 5.95. The molecule has 2 N–H and O–H groups in total. The predicted octanol–water partition coefficient (Wildman–Crippen LogP) is 3.91. The Labute approximate surface area is 152 Å². The van der Waals surface area contributed by atoms with Crippen LogP contribution in [0.2, 0.25) is 0 Å². The molecule has 0 radical (unpaired) electrons. The van der Waals surface area contributed by atoms with E-state index in [1.54, 1.807) is 23.1 Å². The summed E-state index contributed by atoms with van der Waals surface area (Å²) in [5.74, 6) is 1.02. The second-order valence-corrected chi connectivity index (χ2v) is 7.74. The number of carbonyl (C=O) groups is 1. The van der Waals surface area contributed by atoms with Crippen molar-refractivity contribution in [1.82, 2.24) is 15.2 Å². The topological polar surface area (TPSA) is 70.7 Å². The fourth-order valence-electron chi connectivity index (χ4n) is 2.03. The Morgan fingerprint density at radius 2 is 2.25 bits per heavy atom. The van der Waals surface area contributed by atoms with Gasteiger partial charge in [-0.1, -0.05) is 23.9 Å². The van der Waals surface area contributed by atoms with Gasteiger partial charge in [-0.25, -0.2) is 4.98 Å². The highest BCUT2D eigenvalue weighted by Gasteiger charge is 2.09. The molecule has 0 spiro atoms. The average molecular weight is 377 g/mol. The first-order valence-corrected chi connectivity index (χ1v) is 10.3. The van der Waals surface area contributed by atoms with Crippen molar-refractivity contribution in [2.75, 3.05) is 17.3 Å². The summed E-state index contributed by atoms with van der Waals surface area (Å²) in [4.78, 5) is 18.8. The van der Waals surface area contributed by atoms with E-state index in [1.807, 2.05) is 42.0 Å². The van der Waals surface area contributed by atoms with Gasteiger partial charge in [0.2, 0.25) is 11.1 Å².